The van der Waals surface area contributed by atoms with E-state index in [4.69, 9.17) is 11.6 Å². The number of carbonyl (C=O) groups is 1. The van der Waals surface area contributed by atoms with Crippen LogP contribution in [0.2, 0.25) is 5.02 Å². The van der Waals surface area contributed by atoms with Crippen LogP contribution < -0.4 is 10.2 Å². The summed E-state index contributed by atoms with van der Waals surface area (Å²) in [6, 6.07) is 9.97. The van der Waals surface area contributed by atoms with Crippen molar-refractivity contribution in [2.45, 2.75) is 12.8 Å². The first-order valence-electron chi connectivity index (χ1n) is 8.59. The maximum absolute atomic E-state index is 11.3. The fraction of sp³-hybridized carbons (Fsp3) is 0.316. The third-order valence-electron chi connectivity index (χ3n) is 4.78. The molecule has 0 saturated carbocycles. The van der Waals surface area contributed by atoms with Crippen LogP contribution in [0.5, 0.6) is 0 Å². The topological polar surface area (TPSA) is 58.1 Å². The number of benzene rings is 1. The van der Waals surface area contributed by atoms with Gasteiger partial charge in [-0.05, 0) is 55.6 Å². The lowest BCUT2D eigenvalue weighted by atomic mass is 10.0. The number of anilines is 1. The monoisotopic (exact) mass is 386 g/mol. The van der Waals surface area contributed by atoms with Crippen molar-refractivity contribution in [2.24, 2.45) is 5.92 Å². The average molecular weight is 387 g/mol. The number of halogens is 1. The number of nitrogens with zero attached hydrogens (tertiary/aromatic N) is 3. The molecule has 1 aliphatic heterocycles. The number of hydrogen-bond acceptors (Lipinski definition) is 5. The maximum atomic E-state index is 11.3. The van der Waals surface area contributed by atoms with Crippen molar-refractivity contribution < 1.29 is 4.79 Å². The number of fused-ring (bicyclic) bond motifs is 1. The van der Waals surface area contributed by atoms with E-state index in [-0.39, 0.29) is 0 Å². The van der Waals surface area contributed by atoms with Crippen molar-refractivity contribution in [3.63, 3.8) is 0 Å². The molecule has 3 aromatic rings. The number of carbonyl (C=O) groups excluding carboxylic acids is 1. The lowest BCUT2D eigenvalue weighted by Crippen LogP contribution is -2.17. The van der Waals surface area contributed by atoms with Gasteiger partial charge < -0.3 is 5.32 Å². The van der Waals surface area contributed by atoms with Crippen LogP contribution in [0, 0.1) is 5.92 Å². The van der Waals surface area contributed by atoms with Crippen molar-refractivity contribution in [3.8, 4) is 10.4 Å². The molecule has 1 unspecified atom stereocenters. The van der Waals surface area contributed by atoms with Crippen molar-refractivity contribution in [3.05, 3.63) is 41.0 Å². The Morgan fingerprint density at radius 2 is 2.15 bits per heavy atom. The third kappa shape index (κ3) is 3.32. The molecule has 4 rings (SSSR count). The molecule has 134 valence electrons. The summed E-state index contributed by atoms with van der Waals surface area (Å²) in [5, 5.41) is 14.0. The minimum atomic E-state index is 0.584. The predicted octanol–water partition coefficient (Wildman–Crippen LogP) is 3.76. The molecule has 0 radical (unpaired) electrons. The van der Waals surface area contributed by atoms with Gasteiger partial charge >= 0.3 is 0 Å². The van der Waals surface area contributed by atoms with E-state index >= 15 is 0 Å². The number of aromatic nitrogens is 2. The summed E-state index contributed by atoms with van der Waals surface area (Å²) in [5.74, 6) is 1.19. The van der Waals surface area contributed by atoms with Crippen LogP contribution in [0.1, 0.15) is 12.1 Å². The van der Waals surface area contributed by atoms with Gasteiger partial charge in [0.2, 0.25) is 6.41 Å². The first-order valence-corrected chi connectivity index (χ1v) is 9.79. The SMILES string of the molecule is CN(C=O)c1nnc(CC2CCNC2)c2cc(-c3ccc(Cl)cc3)sc12. The second kappa shape index (κ2) is 7.31. The minimum absolute atomic E-state index is 0.584. The summed E-state index contributed by atoms with van der Waals surface area (Å²) < 4.78 is 1.00. The average Bonchev–Trinajstić information content (AvgIpc) is 3.32. The lowest BCUT2D eigenvalue weighted by molar-refractivity contribution is -0.107. The summed E-state index contributed by atoms with van der Waals surface area (Å²) in [6.07, 6.45) is 2.83. The molecule has 0 aliphatic carbocycles. The standard InChI is InChI=1S/C19H19ClN4OS/c1-24(11-25)19-18-15(16(22-23-19)8-12-6-7-21-10-12)9-17(26-18)13-2-4-14(20)5-3-13/h2-5,9,11-12,21H,6-8,10H2,1H3. The Morgan fingerprint density at radius 1 is 1.35 bits per heavy atom. The highest BCUT2D eigenvalue weighted by Crippen LogP contribution is 2.39. The number of thiophene rings is 1. The van der Waals surface area contributed by atoms with Crippen LogP contribution in [0.15, 0.2) is 30.3 Å². The van der Waals surface area contributed by atoms with Gasteiger partial charge in [-0.3, -0.25) is 9.69 Å². The quantitative estimate of drug-likeness (QED) is 0.678. The largest absolute Gasteiger partial charge is 0.316 e. The highest BCUT2D eigenvalue weighted by molar-refractivity contribution is 7.22. The lowest BCUT2D eigenvalue weighted by Gasteiger charge is -2.12. The van der Waals surface area contributed by atoms with E-state index in [1.807, 2.05) is 24.3 Å². The van der Waals surface area contributed by atoms with E-state index in [1.165, 1.54) is 4.90 Å². The molecule has 3 heterocycles. The molecular weight excluding hydrogens is 368 g/mol. The molecule has 1 N–H and O–H groups in total. The second-order valence-corrected chi connectivity index (χ2v) is 8.10. The molecule has 2 aromatic heterocycles. The van der Waals surface area contributed by atoms with E-state index in [0.29, 0.717) is 16.8 Å². The molecular formula is C19H19ClN4OS. The maximum Gasteiger partial charge on any atom is 0.215 e. The van der Waals surface area contributed by atoms with Gasteiger partial charge in [0.25, 0.3) is 0 Å². The zero-order valence-electron chi connectivity index (χ0n) is 14.4. The molecule has 0 spiro atoms. The van der Waals surface area contributed by atoms with Crippen molar-refractivity contribution in [1.29, 1.82) is 0 Å². The first kappa shape index (κ1) is 17.4. The number of hydrogen-bond donors (Lipinski definition) is 1. The zero-order chi connectivity index (χ0) is 18.1. The molecule has 1 fully saturated rings. The highest BCUT2D eigenvalue weighted by atomic mass is 35.5. The van der Waals surface area contributed by atoms with Gasteiger partial charge in [0.15, 0.2) is 5.82 Å². The molecule has 26 heavy (non-hydrogen) atoms. The van der Waals surface area contributed by atoms with E-state index in [1.54, 1.807) is 18.4 Å². The Labute approximate surface area is 161 Å². The Balaban J connectivity index is 1.82. The number of amides is 1. The molecule has 1 aliphatic rings. The molecule has 0 bridgehead atoms. The van der Waals surface area contributed by atoms with Gasteiger partial charge in [-0.25, -0.2) is 0 Å². The highest BCUT2D eigenvalue weighted by Gasteiger charge is 2.21. The summed E-state index contributed by atoms with van der Waals surface area (Å²) in [5.41, 5.74) is 2.11. The van der Waals surface area contributed by atoms with Gasteiger partial charge in [0, 0.05) is 22.3 Å². The summed E-state index contributed by atoms with van der Waals surface area (Å²) >= 11 is 7.65. The first-order chi connectivity index (χ1) is 12.7. The van der Waals surface area contributed by atoms with Crippen LogP contribution in [0.25, 0.3) is 20.5 Å². The summed E-state index contributed by atoms with van der Waals surface area (Å²) in [6.45, 7) is 2.08. The van der Waals surface area contributed by atoms with Crippen LogP contribution in [-0.2, 0) is 11.2 Å². The van der Waals surface area contributed by atoms with Gasteiger partial charge in [0.05, 0.1) is 10.4 Å². The van der Waals surface area contributed by atoms with Crippen LogP contribution in [0.4, 0.5) is 5.82 Å². The summed E-state index contributed by atoms with van der Waals surface area (Å²) in [4.78, 5) is 13.9. The van der Waals surface area contributed by atoms with Crippen molar-refractivity contribution in [1.82, 2.24) is 15.5 Å². The Morgan fingerprint density at radius 3 is 2.85 bits per heavy atom. The smallest absolute Gasteiger partial charge is 0.215 e. The third-order valence-corrected chi connectivity index (χ3v) is 6.21. The second-order valence-electron chi connectivity index (χ2n) is 6.61. The Bertz CT molecular complexity index is 935. The van der Waals surface area contributed by atoms with Crippen molar-refractivity contribution >= 4 is 45.3 Å². The molecule has 1 amide bonds. The zero-order valence-corrected chi connectivity index (χ0v) is 16.0. The van der Waals surface area contributed by atoms with Crippen molar-refractivity contribution in [2.75, 3.05) is 25.0 Å². The normalized spacial score (nSPS) is 16.9. The fourth-order valence-corrected chi connectivity index (χ4v) is 4.67. The van der Waals surface area contributed by atoms with Gasteiger partial charge in [-0.2, -0.15) is 5.10 Å². The molecule has 5 nitrogen and oxygen atoms in total. The number of nitrogens with one attached hydrogen (secondary N) is 1. The van der Waals surface area contributed by atoms with Gasteiger partial charge in [0.1, 0.15) is 0 Å². The summed E-state index contributed by atoms with van der Waals surface area (Å²) in [7, 11) is 1.71. The fourth-order valence-electron chi connectivity index (χ4n) is 3.33. The van der Waals surface area contributed by atoms with Gasteiger partial charge in [-0.1, -0.05) is 23.7 Å². The van der Waals surface area contributed by atoms with E-state index in [2.05, 4.69) is 21.6 Å². The van der Waals surface area contributed by atoms with Crippen LogP contribution >= 0.6 is 22.9 Å². The minimum Gasteiger partial charge on any atom is -0.316 e. The molecule has 7 heteroatoms. The van der Waals surface area contributed by atoms with E-state index in [0.717, 1.165) is 58.6 Å². The predicted molar refractivity (Wildman–Crippen MR) is 107 cm³/mol. The van der Waals surface area contributed by atoms with E-state index in [9.17, 15) is 4.79 Å². The molecule has 1 atom stereocenters. The number of rotatable bonds is 5. The van der Waals surface area contributed by atoms with E-state index < -0.39 is 0 Å². The van der Waals surface area contributed by atoms with Crippen LogP contribution in [-0.4, -0.2) is 36.7 Å². The molecule has 1 saturated heterocycles. The molecule has 1 aromatic carbocycles. The van der Waals surface area contributed by atoms with Gasteiger partial charge in [-0.15, -0.1) is 16.4 Å². The van der Waals surface area contributed by atoms with Crippen LogP contribution in [0.3, 0.4) is 0 Å². The Kier molecular flexibility index (Phi) is 4.89. The Hall–Kier alpha value is -2.02.